The molecule has 0 aliphatic carbocycles. The fraction of sp³-hybridized carbons (Fsp3) is 0.273. The van der Waals surface area contributed by atoms with Gasteiger partial charge in [-0.1, -0.05) is 25.1 Å². The molecule has 1 unspecified atom stereocenters. The molecule has 0 saturated carbocycles. The fourth-order valence-corrected chi connectivity index (χ4v) is 2.54. The summed E-state index contributed by atoms with van der Waals surface area (Å²) in [5, 5.41) is 0.591. The molecule has 1 aromatic rings. The van der Waals surface area contributed by atoms with Crippen LogP contribution in [0, 0.1) is 0 Å². The number of ether oxygens (including phenoxy) is 1. The van der Waals surface area contributed by atoms with Gasteiger partial charge < -0.3 is 4.74 Å². The standard InChI is InChI=1S/C11H12O2S/c1-2-7-13-11-8-9-5-3-4-6-10(9)14(11)12/h3-6,8H,2,7H2,1H3. The summed E-state index contributed by atoms with van der Waals surface area (Å²) in [5.74, 6) is 0. The molecule has 1 aliphatic heterocycles. The summed E-state index contributed by atoms with van der Waals surface area (Å²) in [6, 6.07) is 7.67. The van der Waals surface area contributed by atoms with E-state index in [-0.39, 0.29) is 0 Å². The largest absolute Gasteiger partial charge is 0.485 e. The Morgan fingerprint density at radius 1 is 1.36 bits per heavy atom. The van der Waals surface area contributed by atoms with E-state index < -0.39 is 10.8 Å². The van der Waals surface area contributed by atoms with Crippen LogP contribution in [-0.2, 0) is 15.5 Å². The van der Waals surface area contributed by atoms with Gasteiger partial charge in [0.15, 0.2) is 5.09 Å². The van der Waals surface area contributed by atoms with Crippen molar-refractivity contribution >= 4 is 16.9 Å². The minimum Gasteiger partial charge on any atom is -0.485 e. The lowest BCUT2D eigenvalue weighted by molar-refractivity contribution is 0.240. The van der Waals surface area contributed by atoms with Crippen LogP contribution in [0.3, 0.4) is 0 Å². The van der Waals surface area contributed by atoms with Gasteiger partial charge >= 0.3 is 0 Å². The molecule has 3 heteroatoms. The van der Waals surface area contributed by atoms with Crippen molar-refractivity contribution in [1.29, 1.82) is 0 Å². The van der Waals surface area contributed by atoms with Gasteiger partial charge in [-0.15, -0.1) is 0 Å². The van der Waals surface area contributed by atoms with Crippen LogP contribution in [0.15, 0.2) is 34.3 Å². The van der Waals surface area contributed by atoms with Crippen LogP contribution in [0.1, 0.15) is 18.9 Å². The summed E-state index contributed by atoms with van der Waals surface area (Å²) in [7, 11) is -1.10. The van der Waals surface area contributed by atoms with Crippen LogP contribution in [0.5, 0.6) is 0 Å². The molecule has 74 valence electrons. The summed E-state index contributed by atoms with van der Waals surface area (Å²) < 4.78 is 17.2. The fourth-order valence-electron chi connectivity index (χ4n) is 1.36. The van der Waals surface area contributed by atoms with E-state index in [1.54, 1.807) is 0 Å². The molecule has 14 heavy (non-hydrogen) atoms. The SMILES string of the molecule is CCCOC1=Cc2ccccc2S1=O. The van der Waals surface area contributed by atoms with Gasteiger partial charge in [0.2, 0.25) is 0 Å². The van der Waals surface area contributed by atoms with E-state index in [1.807, 2.05) is 37.3 Å². The molecular formula is C11H12O2S. The third kappa shape index (κ3) is 1.60. The van der Waals surface area contributed by atoms with Gasteiger partial charge in [0.25, 0.3) is 0 Å². The van der Waals surface area contributed by atoms with Crippen LogP contribution >= 0.6 is 0 Å². The maximum atomic E-state index is 11.8. The lowest BCUT2D eigenvalue weighted by atomic mass is 10.2. The Bertz CT molecular complexity index is 396. The number of rotatable bonds is 3. The normalized spacial score (nSPS) is 18.9. The molecule has 0 spiro atoms. The van der Waals surface area contributed by atoms with Crippen molar-refractivity contribution in [3.05, 3.63) is 34.9 Å². The van der Waals surface area contributed by atoms with Crippen molar-refractivity contribution in [1.82, 2.24) is 0 Å². The number of benzene rings is 1. The maximum Gasteiger partial charge on any atom is 0.188 e. The van der Waals surface area contributed by atoms with Crippen molar-refractivity contribution < 1.29 is 8.95 Å². The Balaban J connectivity index is 2.24. The first-order valence-electron chi connectivity index (χ1n) is 4.68. The van der Waals surface area contributed by atoms with E-state index in [1.165, 1.54) is 0 Å². The highest BCUT2D eigenvalue weighted by molar-refractivity contribution is 7.89. The van der Waals surface area contributed by atoms with Crippen LogP contribution in [0.4, 0.5) is 0 Å². The van der Waals surface area contributed by atoms with Crippen LogP contribution in [0.25, 0.3) is 6.08 Å². The summed E-state index contributed by atoms with van der Waals surface area (Å²) in [6.07, 6.45) is 2.80. The van der Waals surface area contributed by atoms with Crippen LogP contribution in [-0.4, -0.2) is 10.8 Å². The third-order valence-electron chi connectivity index (χ3n) is 2.02. The second-order valence-electron chi connectivity index (χ2n) is 3.12. The number of hydrogen-bond donors (Lipinski definition) is 0. The first-order valence-corrected chi connectivity index (χ1v) is 5.83. The van der Waals surface area contributed by atoms with Crippen LogP contribution in [0.2, 0.25) is 0 Å². The van der Waals surface area contributed by atoms with Crippen LogP contribution < -0.4 is 0 Å². The topological polar surface area (TPSA) is 26.3 Å². The van der Waals surface area contributed by atoms with Gasteiger partial charge in [0.1, 0.15) is 10.8 Å². The van der Waals surface area contributed by atoms with E-state index in [0.717, 1.165) is 16.9 Å². The zero-order valence-corrected chi connectivity index (χ0v) is 8.84. The smallest absolute Gasteiger partial charge is 0.188 e. The van der Waals surface area contributed by atoms with E-state index >= 15 is 0 Å². The predicted octanol–water partition coefficient (Wildman–Crippen LogP) is 2.53. The number of fused-ring (bicyclic) bond motifs is 1. The molecule has 0 bridgehead atoms. The van der Waals surface area contributed by atoms with Gasteiger partial charge in [-0.05, 0) is 24.1 Å². The zero-order chi connectivity index (χ0) is 9.97. The molecule has 0 saturated heterocycles. The minimum atomic E-state index is -1.10. The van der Waals surface area contributed by atoms with Gasteiger partial charge in [-0.3, -0.25) is 0 Å². The highest BCUT2D eigenvalue weighted by atomic mass is 32.2. The lowest BCUT2D eigenvalue weighted by Crippen LogP contribution is -1.97. The monoisotopic (exact) mass is 208 g/mol. The molecule has 0 radical (unpaired) electrons. The summed E-state index contributed by atoms with van der Waals surface area (Å²) in [6.45, 7) is 2.66. The zero-order valence-electron chi connectivity index (χ0n) is 8.03. The molecule has 0 aromatic heterocycles. The van der Waals surface area contributed by atoms with E-state index in [4.69, 9.17) is 4.74 Å². The highest BCUT2D eigenvalue weighted by Gasteiger charge is 2.21. The van der Waals surface area contributed by atoms with Gasteiger partial charge in [0.05, 0.1) is 11.5 Å². The highest BCUT2D eigenvalue weighted by Crippen LogP contribution is 2.29. The molecule has 0 amide bonds. The van der Waals surface area contributed by atoms with E-state index in [9.17, 15) is 4.21 Å². The Morgan fingerprint density at radius 2 is 2.14 bits per heavy atom. The van der Waals surface area contributed by atoms with E-state index in [2.05, 4.69) is 0 Å². The molecule has 1 atom stereocenters. The van der Waals surface area contributed by atoms with Crippen molar-refractivity contribution in [2.45, 2.75) is 18.2 Å². The Morgan fingerprint density at radius 3 is 2.86 bits per heavy atom. The molecule has 1 aliphatic rings. The van der Waals surface area contributed by atoms with Gasteiger partial charge in [-0.2, -0.15) is 0 Å². The van der Waals surface area contributed by atoms with Crippen molar-refractivity contribution in [3.8, 4) is 0 Å². The van der Waals surface area contributed by atoms with Crippen molar-refractivity contribution in [2.24, 2.45) is 0 Å². The maximum absolute atomic E-state index is 11.8. The van der Waals surface area contributed by atoms with Crippen molar-refractivity contribution in [2.75, 3.05) is 6.61 Å². The average Bonchev–Trinajstić information content (AvgIpc) is 2.54. The first-order chi connectivity index (χ1) is 6.83. The quantitative estimate of drug-likeness (QED) is 0.763. The predicted molar refractivity (Wildman–Crippen MR) is 57.1 cm³/mol. The molecule has 1 heterocycles. The molecule has 2 nitrogen and oxygen atoms in total. The van der Waals surface area contributed by atoms with Gasteiger partial charge in [-0.25, -0.2) is 4.21 Å². The Hall–Kier alpha value is -1.09. The average molecular weight is 208 g/mol. The van der Waals surface area contributed by atoms with Crippen molar-refractivity contribution in [3.63, 3.8) is 0 Å². The molecular weight excluding hydrogens is 196 g/mol. The third-order valence-corrected chi connectivity index (χ3v) is 3.40. The summed E-state index contributed by atoms with van der Waals surface area (Å²) >= 11 is 0. The van der Waals surface area contributed by atoms with E-state index in [0.29, 0.717) is 11.7 Å². The molecule has 1 aromatic carbocycles. The second-order valence-corrected chi connectivity index (χ2v) is 4.50. The summed E-state index contributed by atoms with van der Waals surface area (Å²) in [4.78, 5) is 0.860. The summed E-state index contributed by atoms with van der Waals surface area (Å²) in [5.41, 5.74) is 1.01. The first kappa shape index (κ1) is 9.46. The Labute approximate surface area is 86.0 Å². The lowest BCUT2D eigenvalue weighted by Gasteiger charge is -2.03. The molecule has 0 fully saturated rings. The second kappa shape index (κ2) is 3.96. The number of hydrogen-bond acceptors (Lipinski definition) is 2. The molecule has 0 N–H and O–H groups in total. The van der Waals surface area contributed by atoms with Gasteiger partial charge in [0, 0.05) is 0 Å². The minimum absolute atomic E-state index is 0.591. The molecule has 2 rings (SSSR count). The Kier molecular flexibility index (Phi) is 2.68.